The second kappa shape index (κ2) is 6.37. The molecule has 4 bridgehead atoms. The lowest BCUT2D eigenvalue weighted by atomic mass is 10.1. The minimum absolute atomic E-state index is 0.570. The molecule has 8 heteroatoms. The molecular formula is C27H18BClN6. The van der Waals surface area contributed by atoms with Gasteiger partial charge in [0.1, 0.15) is 22.6 Å². The summed E-state index contributed by atoms with van der Waals surface area (Å²) in [6.07, 6.45) is -0.570. The molecule has 35 heavy (non-hydrogen) atoms. The molecule has 0 saturated heterocycles. The zero-order valence-electron chi connectivity index (χ0n) is 19.3. The van der Waals surface area contributed by atoms with Crippen LogP contribution in [0.5, 0.6) is 0 Å². The van der Waals surface area contributed by atoms with Crippen LogP contribution in [-0.4, -0.2) is 27.0 Å². The molecule has 6 nitrogen and oxygen atoms in total. The third kappa shape index (κ3) is 2.41. The van der Waals surface area contributed by atoms with Gasteiger partial charge >= 0.3 is 6.40 Å². The normalized spacial score (nSPS) is 15.0. The molecule has 0 N–H and O–H groups in total. The molecule has 0 radical (unpaired) electrons. The standard InChI is InChI=1S/C27H18BClN6/c1-13-4-7-16-19(10-13)23-30-22(16)31-26-20-11-14(2)5-8-17(20)24-33-25-18-9-6-15(3)12-21(18)27(32-23)35(25)28(29)34(24)26/h4-12H,1-3H3. The van der Waals surface area contributed by atoms with Crippen molar-refractivity contribution in [2.24, 2.45) is 20.0 Å². The Balaban J connectivity index is 1.67. The molecular weight excluding hydrogens is 455 g/mol. The van der Waals surface area contributed by atoms with E-state index >= 15 is 0 Å². The monoisotopic (exact) mass is 472 g/mol. The van der Waals surface area contributed by atoms with Gasteiger partial charge in [-0.1, -0.05) is 53.1 Å². The van der Waals surface area contributed by atoms with Gasteiger partial charge in [-0.05, 0) is 39.0 Å². The van der Waals surface area contributed by atoms with Crippen molar-refractivity contribution in [3.8, 4) is 0 Å². The quantitative estimate of drug-likeness (QED) is 0.289. The van der Waals surface area contributed by atoms with Crippen molar-refractivity contribution in [1.82, 2.24) is 8.96 Å². The van der Waals surface area contributed by atoms with Crippen LogP contribution in [0.15, 0.2) is 74.6 Å². The molecule has 0 unspecified atom stereocenters. The Labute approximate surface area is 205 Å². The van der Waals surface area contributed by atoms with E-state index in [2.05, 4.69) is 75.4 Å². The van der Waals surface area contributed by atoms with Gasteiger partial charge in [-0.25, -0.2) is 20.0 Å². The number of aromatic nitrogens is 2. The molecule has 0 amide bonds. The van der Waals surface area contributed by atoms with E-state index in [9.17, 15) is 0 Å². The average molecular weight is 473 g/mol. The first-order valence-electron chi connectivity index (χ1n) is 11.6. The van der Waals surface area contributed by atoms with Crippen molar-refractivity contribution in [3.05, 3.63) is 93.4 Å². The fourth-order valence-corrected chi connectivity index (χ4v) is 5.87. The van der Waals surface area contributed by atoms with E-state index in [1.54, 1.807) is 0 Å². The molecule has 5 heterocycles. The van der Waals surface area contributed by atoms with Crippen molar-refractivity contribution < 1.29 is 0 Å². The Bertz CT molecular complexity index is 2010. The molecule has 3 aliphatic rings. The molecule has 0 aliphatic carbocycles. The Hall–Kier alpha value is -3.97. The van der Waals surface area contributed by atoms with Gasteiger partial charge in [0, 0.05) is 32.7 Å². The molecule has 3 aliphatic heterocycles. The fourth-order valence-electron chi connectivity index (χ4n) is 5.50. The van der Waals surface area contributed by atoms with Crippen LogP contribution in [-0.2, 0) is 0 Å². The number of rotatable bonds is 0. The second-order valence-electron chi connectivity index (χ2n) is 9.59. The van der Waals surface area contributed by atoms with Crippen LogP contribution in [0.2, 0.25) is 0 Å². The van der Waals surface area contributed by atoms with Gasteiger partial charge in [-0.2, -0.15) is 0 Å². The summed E-state index contributed by atoms with van der Waals surface area (Å²) in [7, 11) is 0. The molecule has 3 aromatic carbocycles. The number of amidine groups is 2. The van der Waals surface area contributed by atoms with E-state index < -0.39 is 6.40 Å². The number of aliphatic imine (C=N–C) groups is 2. The van der Waals surface area contributed by atoms with Gasteiger partial charge in [-0.3, -0.25) is 0 Å². The summed E-state index contributed by atoms with van der Waals surface area (Å²) in [6, 6.07) is 19.1. The molecule has 0 atom stereocenters. The van der Waals surface area contributed by atoms with Crippen molar-refractivity contribution in [2.75, 3.05) is 0 Å². The zero-order chi connectivity index (χ0) is 23.6. The van der Waals surface area contributed by atoms with Gasteiger partial charge in [-0.15, -0.1) is 11.5 Å². The Kier molecular flexibility index (Phi) is 3.52. The highest BCUT2D eigenvalue weighted by atomic mass is 35.5. The number of aryl methyl sites for hydroxylation is 3. The topological polar surface area (TPSA) is 59.3 Å². The lowest BCUT2D eigenvalue weighted by Crippen LogP contribution is -2.44. The minimum atomic E-state index is -0.570. The molecule has 0 fully saturated rings. The third-order valence-corrected chi connectivity index (χ3v) is 7.55. The van der Waals surface area contributed by atoms with Crippen LogP contribution in [0, 0.1) is 20.8 Å². The Morgan fingerprint density at radius 1 is 0.571 bits per heavy atom. The highest BCUT2D eigenvalue weighted by Gasteiger charge is 2.35. The number of halogens is 1. The van der Waals surface area contributed by atoms with Crippen molar-refractivity contribution in [2.45, 2.75) is 20.8 Å². The van der Waals surface area contributed by atoms with Crippen molar-refractivity contribution in [3.63, 3.8) is 0 Å². The van der Waals surface area contributed by atoms with Gasteiger partial charge in [0.15, 0.2) is 11.7 Å². The molecule has 0 saturated carbocycles. The first-order chi connectivity index (χ1) is 17.0. The summed E-state index contributed by atoms with van der Waals surface area (Å²) in [5.41, 5.74) is 7.01. The lowest BCUT2D eigenvalue weighted by molar-refractivity contribution is 0.938. The predicted molar refractivity (Wildman–Crippen MR) is 142 cm³/mol. The van der Waals surface area contributed by atoms with Gasteiger partial charge in [0.05, 0.1) is 0 Å². The summed E-state index contributed by atoms with van der Waals surface area (Å²) >= 11 is 7.30. The van der Waals surface area contributed by atoms with Crippen molar-refractivity contribution >= 4 is 62.7 Å². The van der Waals surface area contributed by atoms with E-state index in [4.69, 9.17) is 31.4 Å². The highest BCUT2D eigenvalue weighted by Crippen LogP contribution is 2.41. The average Bonchev–Trinajstić information content (AvgIpc) is 3.43. The second-order valence-corrected chi connectivity index (χ2v) is 9.98. The molecule has 8 rings (SSSR count). The zero-order valence-corrected chi connectivity index (χ0v) is 20.1. The molecule has 0 spiro atoms. The van der Waals surface area contributed by atoms with Crippen LogP contribution in [0.1, 0.15) is 27.8 Å². The van der Waals surface area contributed by atoms with Gasteiger partial charge < -0.3 is 8.96 Å². The summed E-state index contributed by atoms with van der Waals surface area (Å²) in [5.74, 6) is 2.88. The summed E-state index contributed by atoms with van der Waals surface area (Å²) in [4.78, 5) is 20.4. The maximum Gasteiger partial charge on any atom is 0.499 e. The Morgan fingerprint density at radius 3 is 2.03 bits per heavy atom. The lowest BCUT2D eigenvalue weighted by Gasteiger charge is -2.18. The number of nitrogens with zero attached hydrogens (tertiary/aromatic N) is 6. The first kappa shape index (κ1) is 19.4. The summed E-state index contributed by atoms with van der Waals surface area (Å²) in [6.45, 7) is 6.26. The SMILES string of the molecule is Cc1ccc2c(c1)C1=Nc3c4cc(C)ccc4c4n3B(Cl)n3c(c5cc(C)ccc5c3=N4)=NC2=N1. The van der Waals surface area contributed by atoms with Gasteiger partial charge in [0.25, 0.3) is 0 Å². The molecule has 5 aromatic rings. The maximum absolute atomic E-state index is 7.30. The number of hydrogen-bond donors (Lipinski definition) is 0. The maximum atomic E-state index is 7.30. The van der Waals surface area contributed by atoms with Crippen LogP contribution in [0.4, 0.5) is 11.6 Å². The molecule has 166 valence electrons. The van der Waals surface area contributed by atoms with E-state index in [-0.39, 0.29) is 0 Å². The van der Waals surface area contributed by atoms with E-state index in [0.717, 1.165) is 72.0 Å². The molecule has 2 aromatic heterocycles. The minimum Gasteiger partial charge on any atom is -0.319 e. The smallest absolute Gasteiger partial charge is 0.319 e. The van der Waals surface area contributed by atoms with Crippen LogP contribution >= 0.6 is 11.5 Å². The fraction of sp³-hybridized carbons (Fsp3) is 0.111. The van der Waals surface area contributed by atoms with E-state index in [1.165, 1.54) is 0 Å². The number of benzene rings is 3. The number of fused-ring (bicyclic) bond motifs is 10. The predicted octanol–water partition coefficient (Wildman–Crippen LogP) is 4.88. The van der Waals surface area contributed by atoms with E-state index in [0.29, 0.717) is 11.7 Å². The summed E-state index contributed by atoms with van der Waals surface area (Å²) < 4.78 is 4.04. The van der Waals surface area contributed by atoms with Crippen molar-refractivity contribution in [1.29, 1.82) is 0 Å². The largest absolute Gasteiger partial charge is 0.499 e. The highest BCUT2D eigenvalue weighted by molar-refractivity contribution is 7.05. The van der Waals surface area contributed by atoms with Crippen LogP contribution in [0.25, 0.3) is 21.5 Å². The third-order valence-electron chi connectivity index (χ3n) is 7.16. The summed E-state index contributed by atoms with van der Waals surface area (Å²) in [5, 5.41) is 4.09. The van der Waals surface area contributed by atoms with Crippen LogP contribution in [0.3, 0.4) is 0 Å². The number of hydrogen-bond acceptors (Lipinski definition) is 4. The Morgan fingerprint density at radius 2 is 1.20 bits per heavy atom. The van der Waals surface area contributed by atoms with Crippen LogP contribution < -0.4 is 11.0 Å². The van der Waals surface area contributed by atoms with E-state index in [1.807, 2.05) is 8.96 Å². The first-order valence-corrected chi connectivity index (χ1v) is 12.1. The van der Waals surface area contributed by atoms with Gasteiger partial charge in [0.2, 0.25) is 0 Å².